The zero-order chi connectivity index (χ0) is 18.8. The smallest absolute Gasteiger partial charge is 0.282 e. The van der Waals surface area contributed by atoms with Gasteiger partial charge in [-0.1, -0.05) is 18.2 Å². The van der Waals surface area contributed by atoms with E-state index in [1.807, 2.05) is 26.0 Å². The quantitative estimate of drug-likeness (QED) is 0.661. The summed E-state index contributed by atoms with van der Waals surface area (Å²) in [6.07, 6.45) is 1.54. The highest BCUT2D eigenvalue weighted by Gasteiger charge is 2.34. The van der Waals surface area contributed by atoms with Gasteiger partial charge in [0.05, 0.1) is 5.69 Å². The summed E-state index contributed by atoms with van der Waals surface area (Å²) in [5.41, 5.74) is 6.78. The maximum atomic E-state index is 12.6. The van der Waals surface area contributed by atoms with Crippen LogP contribution in [0.5, 0.6) is 0 Å². The molecule has 0 radical (unpaired) electrons. The van der Waals surface area contributed by atoms with Crippen molar-refractivity contribution in [1.29, 1.82) is 0 Å². The largest absolute Gasteiger partial charge is 0.326 e. The molecule has 1 aliphatic heterocycles. The Kier molecular flexibility index (Phi) is 4.58. The molecule has 1 aliphatic rings. The van der Waals surface area contributed by atoms with Crippen molar-refractivity contribution in [2.45, 2.75) is 20.8 Å². The molecule has 0 bridgehead atoms. The molecule has 0 aromatic heterocycles. The van der Waals surface area contributed by atoms with Gasteiger partial charge in [-0.2, -0.15) is 0 Å². The predicted octanol–water partition coefficient (Wildman–Crippen LogP) is 2.72. The molecule has 2 aromatic rings. The van der Waals surface area contributed by atoms with Crippen LogP contribution >= 0.6 is 0 Å². The molecule has 6 heteroatoms. The number of hydrogen-bond acceptors (Lipinski definition) is 3. The Morgan fingerprint density at radius 1 is 1.04 bits per heavy atom. The molecule has 6 nitrogen and oxygen atoms in total. The Morgan fingerprint density at radius 2 is 1.73 bits per heavy atom. The maximum Gasteiger partial charge on any atom is 0.282 e. The second kappa shape index (κ2) is 6.84. The fourth-order valence-corrected chi connectivity index (χ4v) is 2.64. The third-order valence-corrected chi connectivity index (χ3v) is 4.18. The van der Waals surface area contributed by atoms with Gasteiger partial charge in [0.2, 0.25) is 5.91 Å². The van der Waals surface area contributed by atoms with Crippen LogP contribution in [-0.4, -0.2) is 17.7 Å². The molecule has 132 valence electrons. The summed E-state index contributed by atoms with van der Waals surface area (Å²) in [5, 5.41) is 3.92. The molecule has 2 aromatic carbocycles. The molecule has 3 amide bonds. The first-order valence-electron chi connectivity index (χ1n) is 8.17. The lowest BCUT2D eigenvalue weighted by Crippen LogP contribution is -2.35. The first-order chi connectivity index (χ1) is 12.3. The molecule has 0 atom stereocenters. The fourth-order valence-electron chi connectivity index (χ4n) is 2.64. The number of aryl methyl sites for hydroxylation is 2. The van der Waals surface area contributed by atoms with Gasteiger partial charge in [-0.3, -0.25) is 19.8 Å². The Bertz CT molecular complexity index is 930. The SMILES string of the molecule is CC(=O)Nc1ccc(/C=C2/C(=O)NN(c3ccc(C)c(C)c3)C2=O)cc1. The lowest BCUT2D eigenvalue weighted by molar-refractivity contribution is -0.117. The van der Waals surface area contributed by atoms with E-state index in [2.05, 4.69) is 10.7 Å². The van der Waals surface area contributed by atoms with Gasteiger partial charge in [-0.15, -0.1) is 0 Å². The Morgan fingerprint density at radius 3 is 2.35 bits per heavy atom. The summed E-state index contributed by atoms with van der Waals surface area (Å²) in [6, 6.07) is 12.5. The van der Waals surface area contributed by atoms with Crippen LogP contribution in [0.15, 0.2) is 48.0 Å². The molecule has 0 aliphatic carbocycles. The number of hydrazine groups is 1. The molecule has 26 heavy (non-hydrogen) atoms. The molecule has 0 unspecified atom stereocenters. The molecule has 1 fully saturated rings. The van der Waals surface area contributed by atoms with Crippen LogP contribution in [0.1, 0.15) is 23.6 Å². The summed E-state index contributed by atoms with van der Waals surface area (Å²) >= 11 is 0. The summed E-state index contributed by atoms with van der Waals surface area (Å²) in [6.45, 7) is 5.37. The summed E-state index contributed by atoms with van der Waals surface area (Å²) in [5.74, 6) is -1.01. The third kappa shape index (κ3) is 3.49. The zero-order valence-electron chi connectivity index (χ0n) is 14.8. The zero-order valence-corrected chi connectivity index (χ0v) is 14.8. The summed E-state index contributed by atoms with van der Waals surface area (Å²) < 4.78 is 0. The van der Waals surface area contributed by atoms with E-state index >= 15 is 0 Å². The van der Waals surface area contributed by atoms with E-state index in [-0.39, 0.29) is 11.5 Å². The van der Waals surface area contributed by atoms with Crippen molar-refractivity contribution in [1.82, 2.24) is 5.43 Å². The standard InChI is InChI=1S/C20H19N3O3/c1-12-4-9-17(10-13(12)2)23-20(26)18(19(25)22-23)11-15-5-7-16(8-6-15)21-14(3)24/h4-11H,1-3H3,(H,21,24)(H,22,25)/b18-11-. The molecule has 0 saturated carbocycles. The van der Waals surface area contributed by atoms with E-state index in [0.29, 0.717) is 16.9 Å². The highest BCUT2D eigenvalue weighted by Crippen LogP contribution is 2.24. The molecular formula is C20H19N3O3. The van der Waals surface area contributed by atoms with Gasteiger partial charge < -0.3 is 5.32 Å². The van der Waals surface area contributed by atoms with Crippen LogP contribution < -0.4 is 15.8 Å². The van der Waals surface area contributed by atoms with Gasteiger partial charge in [0.25, 0.3) is 11.8 Å². The summed E-state index contributed by atoms with van der Waals surface area (Å²) in [4.78, 5) is 35.9. The number of nitrogens with one attached hydrogen (secondary N) is 2. The molecule has 1 heterocycles. The molecule has 0 spiro atoms. The molecule has 2 N–H and O–H groups in total. The van der Waals surface area contributed by atoms with Gasteiger partial charge in [0, 0.05) is 12.6 Å². The first kappa shape index (κ1) is 17.4. The number of anilines is 2. The van der Waals surface area contributed by atoms with Gasteiger partial charge in [-0.25, -0.2) is 5.01 Å². The minimum atomic E-state index is -0.445. The van der Waals surface area contributed by atoms with Crippen LogP contribution in [0.4, 0.5) is 11.4 Å². The Labute approximate surface area is 151 Å². The molecule has 3 rings (SSSR count). The van der Waals surface area contributed by atoms with Crippen LogP contribution in [0.2, 0.25) is 0 Å². The van der Waals surface area contributed by atoms with Gasteiger partial charge >= 0.3 is 0 Å². The number of hydrogen-bond donors (Lipinski definition) is 2. The number of benzene rings is 2. The van der Waals surface area contributed by atoms with Crippen LogP contribution in [0, 0.1) is 13.8 Å². The average Bonchev–Trinajstić information content (AvgIpc) is 2.87. The van der Waals surface area contributed by atoms with Crippen LogP contribution in [0.3, 0.4) is 0 Å². The number of nitrogens with zero attached hydrogens (tertiary/aromatic N) is 1. The van der Waals surface area contributed by atoms with E-state index in [0.717, 1.165) is 11.1 Å². The molecule has 1 saturated heterocycles. The van der Waals surface area contributed by atoms with E-state index in [4.69, 9.17) is 0 Å². The molecular weight excluding hydrogens is 330 g/mol. The fraction of sp³-hybridized carbons (Fsp3) is 0.150. The monoisotopic (exact) mass is 349 g/mol. The van der Waals surface area contributed by atoms with E-state index in [1.165, 1.54) is 18.0 Å². The second-order valence-electron chi connectivity index (χ2n) is 6.21. The topological polar surface area (TPSA) is 78.5 Å². The van der Waals surface area contributed by atoms with Gasteiger partial charge in [0.1, 0.15) is 5.57 Å². The first-order valence-corrected chi connectivity index (χ1v) is 8.17. The number of carbonyl (C=O) groups excluding carboxylic acids is 3. The number of rotatable bonds is 3. The predicted molar refractivity (Wildman–Crippen MR) is 100 cm³/mol. The van der Waals surface area contributed by atoms with Crippen molar-refractivity contribution in [2.24, 2.45) is 0 Å². The number of carbonyl (C=O) groups is 3. The summed E-state index contributed by atoms with van der Waals surface area (Å²) in [7, 11) is 0. The van der Waals surface area contributed by atoms with Crippen molar-refractivity contribution in [3.05, 3.63) is 64.7 Å². The van der Waals surface area contributed by atoms with E-state index < -0.39 is 11.8 Å². The average molecular weight is 349 g/mol. The van der Waals surface area contributed by atoms with Crippen molar-refractivity contribution in [3.8, 4) is 0 Å². The normalized spacial score (nSPS) is 15.3. The van der Waals surface area contributed by atoms with Crippen molar-refractivity contribution in [2.75, 3.05) is 10.3 Å². The third-order valence-electron chi connectivity index (χ3n) is 4.18. The minimum absolute atomic E-state index is 0.0653. The van der Waals surface area contributed by atoms with E-state index in [1.54, 1.807) is 30.3 Å². The Hall–Kier alpha value is -3.41. The number of amides is 3. The lowest BCUT2D eigenvalue weighted by Gasteiger charge is -2.15. The van der Waals surface area contributed by atoms with E-state index in [9.17, 15) is 14.4 Å². The highest BCUT2D eigenvalue weighted by atomic mass is 16.2. The van der Waals surface area contributed by atoms with Crippen molar-refractivity contribution >= 4 is 35.2 Å². The van der Waals surface area contributed by atoms with Gasteiger partial charge in [0.15, 0.2) is 0 Å². The lowest BCUT2D eigenvalue weighted by atomic mass is 10.1. The Balaban J connectivity index is 1.85. The second-order valence-corrected chi connectivity index (χ2v) is 6.21. The minimum Gasteiger partial charge on any atom is -0.326 e. The maximum absolute atomic E-state index is 12.6. The highest BCUT2D eigenvalue weighted by molar-refractivity contribution is 6.31. The van der Waals surface area contributed by atoms with Crippen LogP contribution in [-0.2, 0) is 14.4 Å². The van der Waals surface area contributed by atoms with Crippen molar-refractivity contribution in [3.63, 3.8) is 0 Å². The van der Waals surface area contributed by atoms with Crippen molar-refractivity contribution < 1.29 is 14.4 Å². The van der Waals surface area contributed by atoms with Crippen LogP contribution in [0.25, 0.3) is 6.08 Å². The van der Waals surface area contributed by atoms with Gasteiger partial charge in [-0.05, 0) is 60.9 Å².